The van der Waals surface area contributed by atoms with Crippen molar-refractivity contribution in [3.05, 3.63) is 11.9 Å². The number of amides is 1. The van der Waals surface area contributed by atoms with Crippen molar-refractivity contribution in [1.82, 2.24) is 25.6 Å². The molecule has 1 aromatic rings. The number of aromatic nitrogens is 3. The lowest BCUT2D eigenvalue weighted by Crippen LogP contribution is -2.35. The van der Waals surface area contributed by atoms with Gasteiger partial charge in [0.25, 0.3) is 0 Å². The quantitative estimate of drug-likeness (QED) is 0.791. The second-order valence-corrected chi connectivity index (χ2v) is 6.54. The summed E-state index contributed by atoms with van der Waals surface area (Å²) in [4.78, 5) is 11.7. The summed E-state index contributed by atoms with van der Waals surface area (Å²) in [5.74, 6) is 0.572. The van der Waals surface area contributed by atoms with Crippen molar-refractivity contribution in [2.24, 2.45) is 5.92 Å². The first kappa shape index (κ1) is 16.6. The van der Waals surface area contributed by atoms with Crippen LogP contribution in [0.25, 0.3) is 0 Å². The third-order valence-electron chi connectivity index (χ3n) is 2.74. The topological polar surface area (TPSA) is 71.8 Å². The van der Waals surface area contributed by atoms with Crippen LogP contribution >= 0.6 is 0 Å². The molecule has 0 aliphatic carbocycles. The van der Waals surface area contributed by atoms with Crippen molar-refractivity contribution in [2.75, 3.05) is 6.54 Å². The monoisotopic (exact) mass is 281 g/mol. The summed E-state index contributed by atoms with van der Waals surface area (Å²) in [6.07, 6.45) is 2.80. The summed E-state index contributed by atoms with van der Waals surface area (Å²) < 4.78 is 1.57. The predicted molar refractivity (Wildman–Crippen MR) is 79.1 cm³/mol. The van der Waals surface area contributed by atoms with Crippen molar-refractivity contribution < 1.29 is 4.79 Å². The molecule has 0 aliphatic heterocycles. The zero-order valence-electron chi connectivity index (χ0n) is 13.2. The molecule has 2 N–H and O–H groups in total. The van der Waals surface area contributed by atoms with E-state index in [0.29, 0.717) is 19.0 Å². The van der Waals surface area contributed by atoms with E-state index in [-0.39, 0.29) is 18.0 Å². The molecule has 0 unspecified atom stereocenters. The summed E-state index contributed by atoms with van der Waals surface area (Å²) in [6.45, 7) is 12.2. The highest BCUT2D eigenvalue weighted by molar-refractivity contribution is 5.75. The van der Waals surface area contributed by atoms with Crippen molar-refractivity contribution in [3.8, 4) is 0 Å². The molecule has 0 aromatic carbocycles. The Kier molecular flexibility index (Phi) is 6.13. The molecule has 1 aromatic heterocycles. The van der Waals surface area contributed by atoms with E-state index in [4.69, 9.17) is 0 Å². The smallest absolute Gasteiger partial charge is 0.241 e. The summed E-state index contributed by atoms with van der Waals surface area (Å²) in [5.41, 5.74) is 0.882. The van der Waals surface area contributed by atoms with E-state index in [0.717, 1.165) is 12.1 Å². The third-order valence-corrected chi connectivity index (χ3v) is 2.74. The number of nitrogens with one attached hydrogen (secondary N) is 2. The van der Waals surface area contributed by atoms with E-state index < -0.39 is 0 Å². The largest absolute Gasteiger partial charge is 0.354 e. The van der Waals surface area contributed by atoms with Gasteiger partial charge in [0.15, 0.2) is 0 Å². The third kappa shape index (κ3) is 7.23. The highest BCUT2D eigenvalue weighted by Gasteiger charge is 2.11. The van der Waals surface area contributed by atoms with Gasteiger partial charge in [0, 0.05) is 18.6 Å². The maximum Gasteiger partial charge on any atom is 0.241 e. The molecule has 20 heavy (non-hydrogen) atoms. The molecule has 6 heteroatoms. The summed E-state index contributed by atoms with van der Waals surface area (Å²) in [7, 11) is 0. The normalized spacial score (nSPS) is 11.9. The second kappa shape index (κ2) is 7.38. The van der Waals surface area contributed by atoms with Crippen LogP contribution < -0.4 is 10.6 Å². The first-order valence-corrected chi connectivity index (χ1v) is 7.17. The van der Waals surface area contributed by atoms with E-state index >= 15 is 0 Å². The summed E-state index contributed by atoms with van der Waals surface area (Å²) in [5, 5.41) is 14.2. The van der Waals surface area contributed by atoms with Crippen LogP contribution in [0.5, 0.6) is 0 Å². The highest BCUT2D eigenvalue weighted by Crippen LogP contribution is 2.01. The first-order chi connectivity index (χ1) is 9.26. The molecule has 0 spiro atoms. The molecule has 0 saturated carbocycles. The Morgan fingerprint density at radius 2 is 2.10 bits per heavy atom. The molecule has 0 atom stereocenters. The van der Waals surface area contributed by atoms with Gasteiger partial charge in [0.2, 0.25) is 5.91 Å². The molecule has 0 bridgehead atoms. The van der Waals surface area contributed by atoms with Crippen LogP contribution in [0.4, 0.5) is 0 Å². The van der Waals surface area contributed by atoms with Gasteiger partial charge in [-0.25, -0.2) is 4.68 Å². The fraction of sp³-hybridized carbons (Fsp3) is 0.786. The predicted octanol–water partition coefficient (Wildman–Crippen LogP) is 1.33. The van der Waals surface area contributed by atoms with Crippen LogP contribution in [0.3, 0.4) is 0 Å². The molecular formula is C14H27N5O. The van der Waals surface area contributed by atoms with Crippen molar-refractivity contribution in [3.63, 3.8) is 0 Å². The van der Waals surface area contributed by atoms with Gasteiger partial charge in [0.1, 0.15) is 6.54 Å². The van der Waals surface area contributed by atoms with E-state index in [1.54, 1.807) is 10.9 Å². The minimum atomic E-state index is -0.0223. The molecule has 0 radical (unpaired) electrons. The number of rotatable bonds is 7. The van der Waals surface area contributed by atoms with Gasteiger partial charge in [-0.15, -0.1) is 5.10 Å². The fourth-order valence-corrected chi connectivity index (χ4v) is 1.56. The zero-order chi connectivity index (χ0) is 15.2. The number of carbonyl (C=O) groups is 1. The van der Waals surface area contributed by atoms with Gasteiger partial charge >= 0.3 is 0 Å². The zero-order valence-corrected chi connectivity index (χ0v) is 13.2. The van der Waals surface area contributed by atoms with Gasteiger partial charge in [-0.1, -0.05) is 19.1 Å². The van der Waals surface area contributed by atoms with Crippen LogP contribution in [0.1, 0.15) is 46.7 Å². The number of carbonyl (C=O) groups excluding carboxylic acids is 1. The van der Waals surface area contributed by atoms with Crippen LogP contribution in [-0.4, -0.2) is 33.0 Å². The van der Waals surface area contributed by atoms with Crippen LogP contribution in [0.15, 0.2) is 6.20 Å². The maximum atomic E-state index is 11.7. The lowest BCUT2D eigenvalue weighted by atomic mass is 10.1. The fourth-order valence-electron chi connectivity index (χ4n) is 1.56. The number of nitrogens with zero attached hydrogens (tertiary/aromatic N) is 3. The van der Waals surface area contributed by atoms with Crippen LogP contribution in [0, 0.1) is 5.92 Å². The Balaban J connectivity index is 2.34. The Bertz CT molecular complexity index is 419. The molecule has 1 rings (SSSR count). The average Bonchev–Trinajstić information content (AvgIpc) is 2.72. The SMILES string of the molecule is CC(C)CCNC(=O)Cn1cc(CNC(C)(C)C)nn1. The summed E-state index contributed by atoms with van der Waals surface area (Å²) >= 11 is 0. The van der Waals surface area contributed by atoms with Crippen molar-refractivity contribution in [1.29, 1.82) is 0 Å². The maximum absolute atomic E-state index is 11.7. The summed E-state index contributed by atoms with van der Waals surface area (Å²) in [6, 6.07) is 0. The van der Waals surface area contributed by atoms with Crippen molar-refractivity contribution >= 4 is 5.91 Å². The molecule has 6 nitrogen and oxygen atoms in total. The Morgan fingerprint density at radius 1 is 1.40 bits per heavy atom. The molecule has 0 saturated heterocycles. The molecule has 1 heterocycles. The standard InChI is InChI=1S/C14H27N5O/c1-11(2)6-7-15-13(20)10-19-9-12(17-18-19)8-16-14(3,4)5/h9,11,16H,6-8,10H2,1-5H3,(H,15,20). The van der Waals surface area contributed by atoms with Gasteiger partial charge in [-0.05, 0) is 33.1 Å². The molecule has 0 fully saturated rings. The van der Waals surface area contributed by atoms with Gasteiger partial charge in [-0.2, -0.15) is 0 Å². The number of hydrogen-bond donors (Lipinski definition) is 2. The van der Waals surface area contributed by atoms with Crippen LogP contribution in [0.2, 0.25) is 0 Å². The molecular weight excluding hydrogens is 254 g/mol. The Hall–Kier alpha value is -1.43. The molecule has 1 amide bonds. The lowest BCUT2D eigenvalue weighted by Gasteiger charge is -2.19. The van der Waals surface area contributed by atoms with Gasteiger partial charge in [-0.3, -0.25) is 4.79 Å². The van der Waals surface area contributed by atoms with E-state index in [2.05, 4.69) is 55.6 Å². The van der Waals surface area contributed by atoms with E-state index in [1.165, 1.54) is 0 Å². The number of hydrogen-bond acceptors (Lipinski definition) is 4. The highest BCUT2D eigenvalue weighted by atomic mass is 16.2. The molecule has 0 aliphatic rings. The molecule has 114 valence electrons. The van der Waals surface area contributed by atoms with Gasteiger partial charge < -0.3 is 10.6 Å². The van der Waals surface area contributed by atoms with Crippen LogP contribution in [-0.2, 0) is 17.9 Å². The first-order valence-electron chi connectivity index (χ1n) is 7.17. The Labute approximate surface area is 121 Å². The van der Waals surface area contributed by atoms with Gasteiger partial charge in [0.05, 0.1) is 11.9 Å². The lowest BCUT2D eigenvalue weighted by molar-refractivity contribution is -0.121. The van der Waals surface area contributed by atoms with Crippen molar-refractivity contribution in [2.45, 2.75) is 59.7 Å². The second-order valence-electron chi connectivity index (χ2n) is 6.54. The Morgan fingerprint density at radius 3 is 2.70 bits per heavy atom. The minimum Gasteiger partial charge on any atom is -0.354 e. The van der Waals surface area contributed by atoms with E-state index in [1.807, 2.05) is 0 Å². The average molecular weight is 281 g/mol. The van der Waals surface area contributed by atoms with E-state index in [9.17, 15) is 4.79 Å². The minimum absolute atomic E-state index is 0.0223.